The van der Waals surface area contributed by atoms with Crippen LogP contribution in [-0.2, 0) is 11.3 Å². The smallest absolute Gasteiger partial charge is 0.229 e. The van der Waals surface area contributed by atoms with Gasteiger partial charge in [0.1, 0.15) is 5.75 Å². The predicted octanol–water partition coefficient (Wildman–Crippen LogP) is 1.28. The molecule has 0 bridgehead atoms. The second kappa shape index (κ2) is 7.25. The number of nitrogens with one attached hydrogen (secondary N) is 2. The van der Waals surface area contributed by atoms with Crippen molar-refractivity contribution in [2.45, 2.75) is 19.5 Å². The second-order valence-electron chi connectivity index (χ2n) is 5.86. The van der Waals surface area contributed by atoms with Gasteiger partial charge in [-0.2, -0.15) is 0 Å². The standard InChI is InChI=1S/C16H21N5O2S/c1-10-14(24-20-18-10)9-21(2)16(22)13-8-17-19-15(13)11-5-4-6-12(7-11)23-3/h4-7,13,15,17,19H,8-9H2,1-3H3. The Morgan fingerprint density at radius 3 is 3.04 bits per heavy atom. The average molecular weight is 347 g/mol. The van der Waals surface area contributed by atoms with Crippen molar-refractivity contribution in [1.29, 1.82) is 0 Å². The topological polar surface area (TPSA) is 79.4 Å². The molecule has 24 heavy (non-hydrogen) atoms. The maximum absolute atomic E-state index is 12.9. The molecule has 3 rings (SSSR count). The molecule has 2 aromatic rings. The molecule has 8 heteroatoms. The molecular formula is C16H21N5O2S. The summed E-state index contributed by atoms with van der Waals surface area (Å²) in [7, 11) is 3.46. The molecule has 1 aromatic heterocycles. The average Bonchev–Trinajstić information content (AvgIpc) is 3.24. The van der Waals surface area contributed by atoms with E-state index in [1.165, 1.54) is 11.5 Å². The molecule has 0 radical (unpaired) electrons. The van der Waals surface area contributed by atoms with E-state index < -0.39 is 0 Å². The van der Waals surface area contributed by atoms with Crippen molar-refractivity contribution in [3.8, 4) is 5.75 Å². The number of benzene rings is 1. The number of amides is 1. The van der Waals surface area contributed by atoms with Gasteiger partial charge < -0.3 is 9.64 Å². The van der Waals surface area contributed by atoms with E-state index in [4.69, 9.17) is 4.74 Å². The lowest BCUT2D eigenvalue weighted by molar-refractivity contribution is -0.134. The number of ether oxygens (including phenoxy) is 1. The SMILES string of the molecule is COc1cccc(C2NNCC2C(=O)N(C)Cc2snnc2C)c1. The third-order valence-corrected chi connectivity index (χ3v) is 5.06. The molecular weight excluding hydrogens is 326 g/mol. The maximum atomic E-state index is 12.9. The fourth-order valence-corrected chi connectivity index (χ4v) is 3.54. The number of hydrazine groups is 1. The van der Waals surface area contributed by atoms with E-state index in [1.807, 2.05) is 38.2 Å². The highest BCUT2D eigenvalue weighted by atomic mass is 32.1. The third-order valence-electron chi connectivity index (χ3n) is 4.25. The molecule has 2 heterocycles. The van der Waals surface area contributed by atoms with Gasteiger partial charge in [0, 0.05) is 13.6 Å². The first kappa shape index (κ1) is 16.8. The zero-order valence-electron chi connectivity index (χ0n) is 13.9. The van der Waals surface area contributed by atoms with Crippen molar-refractivity contribution >= 4 is 17.4 Å². The lowest BCUT2D eigenvalue weighted by Gasteiger charge is -2.24. The Labute approximate surface area is 145 Å². The number of carbonyl (C=O) groups is 1. The summed E-state index contributed by atoms with van der Waals surface area (Å²) in [6, 6.07) is 7.71. The van der Waals surface area contributed by atoms with Crippen LogP contribution in [0.5, 0.6) is 5.75 Å². The Morgan fingerprint density at radius 2 is 2.33 bits per heavy atom. The Kier molecular flexibility index (Phi) is 5.08. The van der Waals surface area contributed by atoms with Gasteiger partial charge >= 0.3 is 0 Å². The first-order valence-electron chi connectivity index (χ1n) is 7.75. The maximum Gasteiger partial charge on any atom is 0.229 e. The predicted molar refractivity (Wildman–Crippen MR) is 91.5 cm³/mol. The van der Waals surface area contributed by atoms with Gasteiger partial charge in [-0.05, 0) is 36.2 Å². The first-order valence-corrected chi connectivity index (χ1v) is 8.52. The van der Waals surface area contributed by atoms with Crippen LogP contribution in [0.1, 0.15) is 22.2 Å². The van der Waals surface area contributed by atoms with Crippen LogP contribution in [0.15, 0.2) is 24.3 Å². The number of hydrogen-bond acceptors (Lipinski definition) is 7. The zero-order valence-corrected chi connectivity index (χ0v) is 14.8. The fraction of sp³-hybridized carbons (Fsp3) is 0.438. The molecule has 0 aliphatic carbocycles. The Hall–Kier alpha value is -2.03. The van der Waals surface area contributed by atoms with Gasteiger partial charge in [-0.15, -0.1) is 5.10 Å². The zero-order chi connectivity index (χ0) is 17.1. The van der Waals surface area contributed by atoms with Crippen LogP contribution in [0.2, 0.25) is 0 Å². The summed E-state index contributed by atoms with van der Waals surface area (Å²) in [4.78, 5) is 15.7. The summed E-state index contributed by atoms with van der Waals surface area (Å²) in [6.45, 7) is 3.03. The molecule has 1 amide bonds. The summed E-state index contributed by atoms with van der Waals surface area (Å²) < 4.78 is 9.21. The summed E-state index contributed by atoms with van der Waals surface area (Å²) in [5.41, 5.74) is 8.22. The highest BCUT2D eigenvalue weighted by Gasteiger charge is 2.36. The van der Waals surface area contributed by atoms with E-state index in [9.17, 15) is 4.79 Å². The highest BCUT2D eigenvalue weighted by molar-refractivity contribution is 7.05. The van der Waals surface area contributed by atoms with Crippen molar-refractivity contribution in [2.75, 3.05) is 20.7 Å². The molecule has 0 spiro atoms. The summed E-state index contributed by atoms with van der Waals surface area (Å²) in [5, 5.41) is 4.00. The van der Waals surface area contributed by atoms with E-state index in [0.717, 1.165) is 21.9 Å². The van der Waals surface area contributed by atoms with Gasteiger partial charge in [0.25, 0.3) is 0 Å². The number of aryl methyl sites for hydroxylation is 1. The minimum atomic E-state index is -0.178. The van der Waals surface area contributed by atoms with Gasteiger partial charge in [0.15, 0.2) is 0 Å². The second-order valence-corrected chi connectivity index (χ2v) is 6.70. The van der Waals surface area contributed by atoms with Crippen LogP contribution in [0.25, 0.3) is 0 Å². The first-order chi connectivity index (χ1) is 11.6. The molecule has 2 unspecified atom stereocenters. The third kappa shape index (κ3) is 3.40. The molecule has 1 aromatic carbocycles. The minimum Gasteiger partial charge on any atom is -0.497 e. The van der Waals surface area contributed by atoms with E-state index in [2.05, 4.69) is 20.4 Å². The molecule has 128 valence electrons. The quantitative estimate of drug-likeness (QED) is 0.848. The summed E-state index contributed by atoms with van der Waals surface area (Å²) >= 11 is 1.34. The van der Waals surface area contributed by atoms with Crippen LogP contribution in [0.3, 0.4) is 0 Å². The number of rotatable bonds is 5. The summed E-state index contributed by atoms with van der Waals surface area (Å²) in [6.07, 6.45) is 0. The van der Waals surface area contributed by atoms with Crippen LogP contribution >= 0.6 is 11.5 Å². The molecule has 1 aliphatic heterocycles. The van der Waals surface area contributed by atoms with Gasteiger partial charge in [0.05, 0.1) is 36.2 Å². The van der Waals surface area contributed by atoms with Crippen LogP contribution < -0.4 is 15.6 Å². The van der Waals surface area contributed by atoms with E-state index >= 15 is 0 Å². The van der Waals surface area contributed by atoms with Crippen molar-refractivity contribution in [2.24, 2.45) is 5.92 Å². The van der Waals surface area contributed by atoms with Crippen molar-refractivity contribution < 1.29 is 9.53 Å². The number of methoxy groups -OCH3 is 1. The molecule has 1 saturated heterocycles. The Bertz CT molecular complexity index is 720. The highest BCUT2D eigenvalue weighted by Crippen LogP contribution is 2.29. The molecule has 7 nitrogen and oxygen atoms in total. The van der Waals surface area contributed by atoms with Crippen molar-refractivity contribution in [3.05, 3.63) is 40.4 Å². The number of hydrogen-bond donors (Lipinski definition) is 2. The van der Waals surface area contributed by atoms with Crippen LogP contribution in [0.4, 0.5) is 0 Å². The lowest BCUT2D eigenvalue weighted by atomic mass is 9.93. The Morgan fingerprint density at radius 1 is 1.50 bits per heavy atom. The fourth-order valence-electron chi connectivity index (χ4n) is 2.85. The van der Waals surface area contributed by atoms with Crippen LogP contribution in [-0.4, -0.2) is 41.1 Å². The van der Waals surface area contributed by atoms with Gasteiger partial charge in [0.2, 0.25) is 5.91 Å². The molecule has 1 aliphatic rings. The molecule has 1 fully saturated rings. The number of carbonyl (C=O) groups excluding carboxylic acids is 1. The van der Waals surface area contributed by atoms with Crippen LogP contribution in [0, 0.1) is 12.8 Å². The number of nitrogens with zero attached hydrogens (tertiary/aromatic N) is 3. The minimum absolute atomic E-state index is 0.0873. The van der Waals surface area contributed by atoms with Gasteiger partial charge in [-0.3, -0.25) is 10.2 Å². The largest absolute Gasteiger partial charge is 0.497 e. The monoisotopic (exact) mass is 347 g/mol. The van der Waals surface area contributed by atoms with E-state index in [-0.39, 0.29) is 17.9 Å². The Balaban J connectivity index is 1.74. The van der Waals surface area contributed by atoms with Gasteiger partial charge in [-0.1, -0.05) is 16.6 Å². The van der Waals surface area contributed by atoms with Crippen molar-refractivity contribution in [3.63, 3.8) is 0 Å². The number of aromatic nitrogens is 2. The molecule has 2 N–H and O–H groups in total. The lowest BCUT2D eigenvalue weighted by Crippen LogP contribution is -2.36. The van der Waals surface area contributed by atoms with E-state index in [1.54, 1.807) is 12.0 Å². The molecule has 0 saturated carbocycles. The normalized spacial score (nSPS) is 20.1. The van der Waals surface area contributed by atoms with Gasteiger partial charge in [-0.25, -0.2) is 5.43 Å². The van der Waals surface area contributed by atoms with E-state index in [0.29, 0.717) is 13.1 Å². The molecule has 2 atom stereocenters. The van der Waals surface area contributed by atoms with Crippen molar-refractivity contribution in [1.82, 2.24) is 25.3 Å². The summed E-state index contributed by atoms with van der Waals surface area (Å²) in [5.74, 6) is 0.698.